The van der Waals surface area contributed by atoms with Crippen LogP contribution in [-0.4, -0.2) is 5.97 Å². The zero-order valence-electron chi connectivity index (χ0n) is 9.51. The van der Waals surface area contributed by atoms with Crippen molar-refractivity contribution in [3.63, 3.8) is 0 Å². The Morgan fingerprint density at radius 1 is 1.00 bits per heavy atom. The van der Waals surface area contributed by atoms with Gasteiger partial charge in [-0.3, -0.25) is 4.79 Å². The molecule has 3 rings (SSSR count). The molecule has 1 aliphatic rings. The van der Waals surface area contributed by atoms with Crippen LogP contribution < -0.4 is 4.74 Å². The minimum atomic E-state index is -0.162. The number of carbonyl (C=O) groups is 1. The first-order valence-electron chi connectivity index (χ1n) is 5.67. The highest BCUT2D eigenvalue weighted by Crippen LogP contribution is 2.37. The lowest BCUT2D eigenvalue weighted by atomic mass is 9.98. The topological polar surface area (TPSA) is 26.3 Å². The minimum absolute atomic E-state index is 0.144. The molecule has 0 aliphatic carbocycles. The molecule has 0 saturated heterocycles. The molecule has 2 aromatic carbocycles. The van der Waals surface area contributed by atoms with Crippen molar-refractivity contribution in [3.05, 3.63) is 54.1 Å². The number of hydrogen-bond donors (Lipinski definition) is 0. The van der Waals surface area contributed by atoms with Crippen LogP contribution in [-0.2, 0) is 4.79 Å². The highest BCUT2D eigenvalue weighted by molar-refractivity contribution is 5.86. The molecule has 17 heavy (non-hydrogen) atoms. The van der Waals surface area contributed by atoms with Crippen molar-refractivity contribution < 1.29 is 9.53 Å². The molecule has 2 nitrogen and oxygen atoms in total. The zero-order valence-corrected chi connectivity index (χ0v) is 9.51. The van der Waals surface area contributed by atoms with E-state index >= 15 is 0 Å². The van der Waals surface area contributed by atoms with Gasteiger partial charge in [0.2, 0.25) is 0 Å². The number of benzene rings is 2. The molecule has 0 saturated carbocycles. The maximum absolute atomic E-state index is 11.5. The summed E-state index contributed by atoms with van der Waals surface area (Å²) < 4.78 is 5.24. The van der Waals surface area contributed by atoms with Crippen LogP contribution in [0.3, 0.4) is 0 Å². The Morgan fingerprint density at radius 3 is 2.53 bits per heavy atom. The first-order valence-corrected chi connectivity index (χ1v) is 5.67. The molecule has 0 fully saturated rings. The lowest BCUT2D eigenvalue weighted by molar-refractivity contribution is -0.133. The molecule has 0 radical (unpaired) electrons. The van der Waals surface area contributed by atoms with Crippen molar-refractivity contribution in [2.45, 2.75) is 12.8 Å². The Hall–Kier alpha value is -2.09. The molecule has 0 amide bonds. The molecule has 2 heteroatoms. The fourth-order valence-corrected chi connectivity index (χ4v) is 2.11. The van der Waals surface area contributed by atoms with Crippen LogP contribution in [0.25, 0.3) is 11.1 Å². The lowest BCUT2D eigenvalue weighted by Crippen LogP contribution is -2.05. The molecule has 1 aliphatic heterocycles. The van der Waals surface area contributed by atoms with Crippen LogP contribution in [0.1, 0.15) is 18.4 Å². The van der Waals surface area contributed by atoms with Gasteiger partial charge in [-0.25, -0.2) is 0 Å². The molecule has 1 atom stereocenters. The predicted octanol–water partition coefficient (Wildman–Crippen LogP) is 3.38. The van der Waals surface area contributed by atoms with E-state index in [1.807, 2.05) is 55.5 Å². The quantitative estimate of drug-likeness (QED) is 0.548. The van der Waals surface area contributed by atoms with Crippen molar-refractivity contribution in [2.75, 3.05) is 0 Å². The van der Waals surface area contributed by atoms with Crippen molar-refractivity contribution in [2.24, 2.45) is 0 Å². The Balaban J connectivity index is 2.07. The second-order valence-electron chi connectivity index (χ2n) is 4.26. The summed E-state index contributed by atoms with van der Waals surface area (Å²) in [5, 5.41) is 0. The van der Waals surface area contributed by atoms with E-state index in [1.165, 1.54) is 0 Å². The molecule has 0 unspecified atom stereocenters. The molecule has 0 bridgehead atoms. The van der Waals surface area contributed by atoms with Gasteiger partial charge in [-0.15, -0.1) is 0 Å². The van der Waals surface area contributed by atoms with Crippen molar-refractivity contribution in [1.29, 1.82) is 0 Å². The second kappa shape index (κ2) is 3.74. The number of fused-ring (bicyclic) bond motifs is 1. The summed E-state index contributed by atoms with van der Waals surface area (Å²) in [4.78, 5) is 11.5. The summed E-state index contributed by atoms with van der Waals surface area (Å²) in [7, 11) is 0. The van der Waals surface area contributed by atoms with Crippen molar-refractivity contribution in [1.82, 2.24) is 0 Å². The zero-order chi connectivity index (χ0) is 11.8. The van der Waals surface area contributed by atoms with Gasteiger partial charge in [0.1, 0.15) is 5.75 Å². The van der Waals surface area contributed by atoms with E-state index in [0.717, 1.165) is 16.7 Å². The van der Waals surface area contributed by atoms with Gasteiger partial charge < -0.3 is 4.74 Å². The standard InChI is InChI=1S/C15H12O2/c1-10-13-8-7-12(9-14(13)17-15(10)16)11-5-3-2-4-6-11/h2-10H,1H3/t10-/m1/s1. The Kier molecular flexibility index (Phi) is 2.22. The van der Waals surface area contributed by atoms with E-state index in [9.17, 15) is 4.79 Å². The third-order valence-corrected chi connectivity index (χ3v) is 3.15. The van der Waals surface area contributed by atoms with Gasteiger partial charge in [-0.1, -0.05) is 42.5 Å². The van der Waals surface area contributed by atoms with Gasteiger partial charge in [-0.05, 0) is 24.1 Å². The molecule has 84 valence electrons. The van der Waals surface area contributed by atoms with Crippen LogP contribution in [0.2, 0.25) is 0 Å². The summed E-state index contributed by atoms with van der Waals surface area (Å²) in [6, 6.07) is 16.0. The number of ether oxygens (including phenoxy) is 1. The summed E-state index contributed by atoms with van der Waals surface area (Å²) in [6.45, 7) is 1.87. The van der Waals surface area contributed by atoms with E-state index in [-0.39, 0.29) is 11.9 Å². The van der Waals surface area contributed by atoms with Crippen molar-refractivity contribution >= 4 is 5.97 Å². The minimum Gasteiger partial charge on any atom is -0.426 e. The van der Waals surface area contributed by atoms with E-state index in [0.29, 0.717) is 5.75 Å². The smallest absolute Gasteiger partial charge is 0.318 e. The van der Waals surface area contributed by atoms with Gasteiger partial charge in [0.05, 0.1) is 5.92 Å². The molecular formula is C15H12O2. The Morgan fingerprint density at radius 2 is 1.76 bits per heavy atom. The molecule has 2 aromatic rings. The normalized spacial score (nSPS) is 17.7. The summed E-state index contributed by atoms with van der Waals surface area (Å²) >= 11 is 0. The monoisotopic (exact) mass is 224 g/mol. The fourth-order valence-electron chi connectivity index (χ4n) is 2.11. The van der Waals surface area contributed by atoms with E-state index in [2.05, 4.69) is 0 Å². The summed E-state index contributed by atoms with van der Waals surface area (Å²) in [5.74, 6) is 0.392. The molecule has 0 aromatic heterocycles. The lowest BCUT2D eigenvalue weighted by Gasteiger charge is -2.04. The number of esters is 1. The predicted molar refractivity (Wildman–Crippen MR) is 65.9 cm³/mol. The third-order valence-electron chi connectivity index (χ3n) is 3.15. The largest absolute Gasteiger partial charge is 0.426 e. The third kappa shape index (κ3) is 1.62. The summed E-state index contributed by atoms with van der Waals surface area (Å²) in [5.41, 5.74) is 3.19. The van der Waals surface area contributed by atoms with Crippen molar-refractivity contribution in [3.8, 4) is 16.9 Å². The van der Waals surface area contributed by atoms with E-state index in [4.69, 9.17) is 4.74 Å². The molecule has 0 N–H and O–H groups in total. The summed E-state index contributed by atoms with van der Waals surface area (Å²) in [6.07, 6.45) is 0. The van der Waals surface area contributed by atoms with Crippen LogP contribution in [0.4, 0.5) is 0 Å². The SMILES string of the molecule is C[C@H]1C(=O)Oc2cc(-c3ccccc3)ccc21. The molecule has 1 heterocycles. The average molecular weight is 224 g/mol. The Bertz CT molecular complexity index is 573. The van der Waals surface area contributed by atoms with E-state index < -0.39 is 0 Å². The fraction of sp³-hybridized carbons (Fsp3) is 0.133. The maximum Gasteiger partial charge on any atom is 0.318 e. The highest BCUT2D eigenvalue weighted by atomic mass is 16.5. The Labute approximate surface area is 99.9 Å². The van der Waals surface area contributed by atoms with Crippen LogP contribution in [0, 0.1) is 0 Å². The number of rotatable bonds is 1. The maximum atomic E-state index is 11.5. The van der Waals surface area contributed by atoms with Gasteiger partial charge in [0.15, 0.2) is 0 Å². The number of hydrogen-bond acceptors (Lipinski definition) is 2. The average Bonchev–Trinajstić information content (AvgIpc) is 2.66. The molecular weight excluding hydrogens is 212 g/mol. The van der Waals surface area contributed by atoms with Gasteiger partial charge in [0, 0.05) is 5.56 Å². The van der Waals surface area contributed by atoms with E-state index in [1.54, 1.807) is 0 Å². The van der Waals surface area contributed by atoms with Gasteiger partial charge in [0.25, 0.3) is 0 Å². The van der Waals surface area contributed by atoms with Gasteiger partial charge in [-0.2, -0.15) is 0 Å². The first kappa shape index (κ1) is 10.1. The molecule has 0 spiro atoms. The second-order valence-corrected chi connectivity index (χ2v) is 4.26. The van der Waals surface area contributed by atoms with Crippen LogP contribution in [0.5, 0.6) is 5.75 Å². The van der Waals surface area contributed by atoms with Gasteiger partial charge >= 0.3 is 5.97 Å². The first-order chi connectivity index (χ1) is 8.25. The number of carbonyl (C=O) groups excluding carboxylic acids is 1. The van der Waals surface area contributed by atoms with Crippen LogP contribution >= 0.6 is 0 Å². The highest BCUT2D eigenvalue weighted by Gasteiger charge is 2.29. The van der Waals surface area contributed by atoms with Crippen LogP contribution in [0.15, 0.2) is 48.5 Å².